The standard InChI is InChI=1S/C22H29NO3/c1-4-5-8-15-25-21-10-7-6-9-20(21)22(24)23-18-11-13-19(14-12-18)26-16-17(2)3/h6-7,9-14,17H,4-5,8,15-16H2,1-3H3,(H,23,24). The van der Waals surface area contributed by atoms with Crippen LogP contribution >= 0.6 is 0 Å². The molecular formula is C22H29NO3. The van der Waals surface area contributed by atoms with Gasteiger partial charge in [-0.05, 0) is 48.7 Å². The van der Waals surface area contributed by atoms with Crippen molar-refractivity contribution in [3.8, 4) is 11.5 Å². The average Bonchev–Trinajstić information content (AvgIpc) is 2.65. The summed E-state index contributed by atoms with van der Waals surface area (Å²) in [6.45, 7) is 7.67. The first-order valence-corrected chi connectivity index (χ1v) is 9.36. The van der Waals surface area contributed by atoms with Crippen LogP contribution in [0.25, 0.3) is 0 Å². The smallest absolute Gasteiger partial charge is 0.259 e. The summed E-state index contributed by atoms with van der Waals surface area (Å²) in [7, 11) is 0. The topological polar surface area (TPSA) is 47.6 Å². The second-order valence-corrected chi connectivity index (χ2v) is 6.74. The molecule has 0 radical (unpaired) electrons. The lowest BCUT2D eigenvalue weighted by molar-refractivity contribution is 0.102. The maximum atomic E-state index is 12.6. The van der Waals surface area contributed by atoms with Gasteiger partial charge in [-0.1, -0.05) is 45.7 Å². The van der Waals surface area contributed by atoms with Crippen LogP contribution in [0.2, 0.25) is 0 Å². The van der Waals surface area contributed by atoms with Crippen molar-refractivity contribution in [1.29, 1.82) is 0 Å². The van der Waals surface area contributed by atoms with Crippen molar-refractivity contribution in [1.82, 2.24) is 0 Å². The molecule has 0 saturated carbocycles. The molecule has 26 heavy (non-hydrogen) atoms. The Bertz CT molecular complexity index is 680. The number of unbranched alkanes of at least 4 members (excludes halogenated alkanes) is 2. The van der Waals surface area contributed by atoms with Crippen LogP contribution in [0.15, 0.2) is 48.5 Å². The van der Waals surface area contributed by atoms with E-state index < -0.39 is 0 Å². The molecule has 4 heteroatoms. The highest BCUT2D eigenvalue weighted by molar-refractivity contribution is 6.06. The Hall–Kier alpha value is -2.49. The van der Waals surface area contributed by atoms with Gasteiger partial charge in [0.25, 0.3) is 5.91 Å². The minimum Gasteiger partial charge on any atom is -0.493 e. The number of ether oxygens (including phenoxy) is 2. The zero-order valence-corrected chi connectivity index (χ0v) is 16.0. The van der Waals surface area contributed by atoms with Crippen LogP contribution in [0.4, 0.5) is 5.69 Å². The molecular weight excluding hydrogens is 326 g/mol. The SMILES string of the molecule is CCCCCOc1ccccc1C(=O)Nc1ccc(OCC(C)C)cc1. The predicted molar refractivity (Wildman–Crippen MR) is 106 cm³/mol. The van der Waals surface area contributed by atoms with Crippen LogP contribution in [-0.2, 0) is 0 Å². The Kier molecular flexibility index (Phi) is 8.00. The third kappa shape index (κ3) is 6.43. The largest absolute Gasteiger partial charge is 0.493 e. The number of hydrogen-bond donors (Lipinski definition) is 1. The Morgan fingerprint density at radius 2 is 1.73 bits per heavy atom. The van der Waals surface area contributed by atoms with Gasteiger partial charge >= 0.3 is 0 Å². The third-order valence-corrected chi connectivity index (χ3v) is 3.83. The van der Waals surface area contributed by atoms with E-state index in [0.29, 0.717) is 30.4 Å². The number of anilines is 1. The van der Waals surface area contributed by atoms with Gasteiger partial charge in [-0.2, -0.15) is 0 Å². The van der Waals surface area contributed by atoms with E-state index >= 15 is 0 Å². The van der Waals surface area contributed by atoms with Crippen molar-refractivity contribution in [3.63, 3.8) is 0 Å². The zero-order chi connectivity index (χ0) is 18.8. The van der Waals surface area contributed by atoms with Crippen LogP contribution in [0.5, 0.6) is 11.5 Å². The molecule has 0 saturated heterocycles. The molecule has 1 amide bonds. The van der Waals surface area contributed by atoms with Crippen molar-refractivity contribution in [2.45, 2.75) is 40.0 Å². The molecule has 2 rings (SSSR count). The number of carbonyl (C=O) groups excluding carboxylic acids is 1. The molecule has 0 bridgehead atoms. The molecule has 1 N–H and O–H groups in total. The summed E-state index contributed by atoms with van der Waals surface area (Å²) in [6.07, 6.45) is 3.26. The van der Waals surface area contributed by atoms with E-state index in [9.17, 15) is 4.79 Å². The first kappa shape index (κ1) is 19.8. The lowest BCUT2D eigenvalue weighted by Crippen LogP contribution is -2.14. The summed E-state index contributed by atoms with van der Waals surface area (Å²) in [4.78, 5) is 12.6. The third-order valence-electron chi connectivity index (χ3n) is 3.83. The van der Waals surface area contributed by atoms with Crippen molar-refractivity contribution >= 4 is 11.6 Å². The fraction of sp³-hybridized carbons (Fsp3) is 0.409. The van der Waals surface area contributed by atoms with E-state index in [4.69, 9.17) is 9.47 Å². The van der Waals surface area contributed by atoms with E-state index in [1.807, 2.05) is 42.5 Å². The highest BCUT2D eigenvalue weighted by Gasteiger charge is 2.12. The van der Waals surface area contributed by atoms with Gasteiger partial charge in [0.05, 0.1) is 18.8 Å². The molecule has 2 aromatic rings. The number of amides is 1. The highest BCUT2D eigenvalue weighted by atomic mass is 16.5. The Morgan fingerprint density at radius 1 is 1.00 bits per heavy atom. The van der Waals surface area contributed by atoms with Crippen LogP contribution in [-0.4, -0.2) is 19.1 Å². The second kappa shape index (κ2) is 10.5. The van der Waals surface area contributed by atoms with Crippen LogP contribution in [0.1, 0.15) is 50.4 Å². The fourth-order valence-corrected chi connectivity index (χ4v) is 2.41. The van der Waals surface area contributed by atoms with Crippen molar-refractivity contribution in [2.24, 2.45) is 5.92 Å². The fourth-order valence-electron chi connectivity index (χ4n) is 2.41. The number of para-hydroxylation sites is 1. The van der Waals surface area contributed by atoms with E-state index in [1.54, 1.807) is 6.07 Å². The Balaban J connectivity index is 1.96. The highest BCUT2D eigenvalue weighted by Crippen LogP contribution is 2.21. The maximum absolute atomic E-state index is 12.6. The number of hydrogen-bond acceptors (Lipinski definition) is 3. The average molecular weight is 355 g/mol. The molecule has 4 nitrogen and oxygen atoms in total. The quantitative estimate of drug-likeness (QED) is 0.569. The lowest BCUT2D eigenvalue weighted by Gasteiger charge is -2.12. The minimum atomic E-state index is -0.174. The minimum absolute atomic E-state index is 0.174. The Morgan fingerprint density at radius 3 is 2.42 bits per heavy atom. The molecule has 0 aliphatic rings. The maximum Gasteiger partial charge on any atom is 0.259 e. The molecule has 0 spiro atoms. The molecule has 0 atom stereocenters. The van der Waals surface area contributed by atoms with Crippen LogP contribution < -0.4 is 14.8 Å². The van der Waals surface area contributed by atoms with E-state index in [-0.39, 0.29) is 5.91 Å². The summed E-state index contributed by atoms with van der Waals surface area (Å²) in [5.41, 5.74) is 1.27. The molecule has 0 unspecified atom stereocenters. The first-order chi connectivity index (χ1) is 12.6. The van der Waals surface area contributed by atoms with Gasteiger partial charge < -0.3 is 14.8 Å². The summed E-state index contributed by atoms with van der Waals surface area (Å²) >= 11 is 0. The molecule has 0 aliphatic heterocycles. The molecule has 0 fully saturated rings. The molecule has 0 aromatic heterocycles. The normalized spacial score (nSPS) is 10.6. The summed E-state index contributed by atoms with van der Waals surface area (Å²) < 4.78 is 11.5. The second-order valence-electron chi connectivity index (χ2n) is 6.74. The van der Waals surface area contributed by atoms with Crippen LogP contribution in [0.3, 0.4) is 0 Å². The molecule has 140 valence electrons. The van der Waals surface area contributed by atoms with E-state index in [2.05, 4.69) is 26.1 Å². The number of benzene rings is 2. The van der Waals surface area contributed by atoms with Gasteiger partial charge in [-0.15, -0.1) is 0 Å². The number of rotatable bonds is 10. The van der Waals surface area contributed by atoms with E-state index in [0.717, 1.165) is 30.7 Å². The van der Waals surface area contributed by atoms with Crippen molar-refractivity contribution < 1.29 is 14.3 Å². The number of carbonyl (C=O) groups is 1. The molecule has 0 heterocycles. The van der Waals surface area contributed by atoms with Crippen molar-refractivity contribution in [3.05, 3.63) is 54.1 Å². The van der Waals surface area contributed by atoms with Gasteiger partial charge in [-0.25, -0.2) is 0 Å². The zero-order valence-electron chi connectivity index (χ0n) is 16.0. The van der Waals surface area contributed by atoms with Gasteiger partial charge in [0, 0.05) is 5.69 Å². The summed E-state index contributed by atoms with van der Waals surface area (Å²) in [5.74, 6) is 1.73. The van der Waals surface area contributed by atoms with Gasteiger partial charge in [0.1, 0.15) is 11.5 Å². The monoisotopic (exact) mass is 355 g/mol. The van der Waals surface area contributed by atoms with E-state index in [1.165, 1.54) is 0 Å². The number of nitrogens with one attached hydrogen (secondary N) is 1. The van der Waals surface area contributed by atoms with Gasteiger partial charge in [0.15, 0.2) is 0 Å². The first-order valence-electron chi connectivity index (χ1n) is 9.36. The van der Waals surface area contributed by atoms with Crippen molar-refractivity contribution in [2.75, 3.05) is 18.5 Å². The van der Waals surface area contributed by atoms with Gasteiger partial charge in [-0.3, -0.25) is 4.79 Å². The molecule has 0 aliphatic carbocycles. The predicted octanol–water partition coefficient (Wildman–Crippen LogP) is 5.54. The molecule has 2 aromatic carbocycles. The summed E-state index contributed by atoms with van der Waals surface area (Å²) in [6, 6.07) is 14.8. The van der Waals surface area contributed by atoms with Gasteiger partial charge in [0.2, 0.25) is 0 Å². The van der Waals surface area contributed by atoms with Crippen LogP contribution in [0, 0.1) is 5.92 Å². The summed E-state index contributed by atoms with van der Waals surface area (Å²) in [5, 5.41) is 2.92. The Labute approximate surface area is 156 Å². The lowest BCUT2D eigenvalue weighted by atomic mass is 10.1.